The van der Waals surface area contributed by atoms with Crippen LogP contribution in [0.3, 0.4) is 0 Å². The minimum absolute atomic E-state index is 0.00518. The standard InChI is InChI=1S/C20H19ClO6/c1-2-25-20(24)14-8-3-5-10-16(14)26-18(22)12-7-13-19(23)27-17-11-6-4-9-15(17)21/h3-6,8-11H,2,7,12-13H2,1H3. The monoisotopic (exact) mass is 390 g/mol. The minimum atomic E-state index is -0.566. The Bertz CT molecular complexity index is 818. The summed E-state index contributed by atoms with van der Waals surface area (Å²) in [7, 11) is 0. The van der Waals surface area contributed by atoms with Crippen molar-refractivity contribution >= 4 is 29.5 Å². The molecule has 0 aliphatic rings. The lowest BCUT2D eigenvalue weighted by Crippen LogP contribution is -2.14. The molecule has 0 saturated carbocycles. The first-order valence-electron chi connectivity index (χ1n) is 8.43. The van der Waals surface area contributed by atoms with E-state index in [1.807, 2.05) is 0 Å². The largest absolute Gasteiger partial charge is 0.462 e. The molecule has 0 atom stereocenters. The maximum atomic E-state index is 12.0. The summed E-state index contributed by atoms with van der Waals surface area (Å²) >= 11 is 5.92. The van der Waals surface area contributed by atoms with Crippen molar-refractivity contribution in [3.05, 3.63) is 59.1 Å². The highest BCUT2D eigenvalue weighted by Gasteiger charge is 2.16. The summed E-state index contributed by atoms with van der Waals surface area (Å²) in [6.45, 7) is 1.91. The van der Waals surface area contributed by atoms with Crippen LogP contribution in [-0.2, 0) is 14.3 Å². The summed E-state index contributed by atoms with van der Waals surface area (Å²) in [6, 6.07) is 12.9. The van der Waals surface area contributed by atoms with E-state index in [0.29, 0.717) is 5.02 Å². The van der Waals surface area contributed by atoms with Gasteiger partial charge in [-0.05, 0) is 37.6 Å². The van der Waals surface area contributed by atoms with Gasteiger partial charge in [0.05, 0.1) is 11.6 Å². The van der Waals surface area contributed by atoms with Crippen LogP contribution in [0.15, 0.2) is 48.5 Å². The second kappa shape index (κ2) is 10.3. The van der Waals surface area contributed by atoms with E-state index in [1.54, 1.807) is 43.3 Å². The smallest absolute Gasteiger partial charge is 0.341 e. The highest BCUT2D eigenvalue weighted by atomic mass is 35.5. The van der Waals surface area contributed by atoms with Gasteiger partial charge in [-0.3, -0.25) is 9.59 Å². The zero-order chi connectivity index (χ0) is 19.6. The molecule has 7 heteroatoms. The number of benzene rings is 2. The molecule has 2 rings (SSSR count). The van der Waals surface area contributed by atoms with E-state index < -0.39 is 17.9 Å². The Labute approximate surface area is 162 Å². The van der Waals surface area contributed by atoms with E-state index in [2.05, 4.69) is 0 Å². The summed E-state index contributed by atoms with van der Waals surface area (Å²) in [5.74, 6) is -1.22. The predicted octanol–water partition coefficient (Wildman–Crippen LogP) is 4.20. The summed E-state index contributed by atoms with van der Waals surface area (Å²) in [4.78, 5) is 35.7. The molecule has 0 aliphatic carbocycles. The summed E-state index contributed by atoms with van der Waals surface area (Å²) < 4.78 is 15.3. The van der Waals surface area contributed by atoms with Crippen LogP contribution in [0.5, 0.6) is 11.5 Å². The van der Waals surface area contributed by atoms with E-state index in [4.69, 9.17) is 25.8 Å². The van der Waals surface area contributed by atoms with Crippen molar-refractivity contribution < 1.29 is 28.6 Å². The predicted molar refractivity (Wildman–Crippen MR) is 99.0 cm³/mol. The molecule has 0 aliphatic heterocycles. The van der Waals surface area contributed by atoms with Gasteiger partial charge < -0.3 is 14.2 Å². The molecule has 0 amide bonds. The highest BCUT2D eigenvalue weighted by Crippen LogP contribution is 2.24. The maximum absolute atomic E-state index is 12.0. The van der Waals surface area contributed by atoms with Gasteiger partial charge in [-0.2, -0.15) is 0 Å². The Morgan fingerprint density at radius 3 is 2.04 bits per heavy atom. The molecule has 0 unspecified atom stereocenters. The van der Waals surface area contributed by atoms with Gasteiger partial charge in [0.25, 0.3) is 0 Å². The van der Waals surface area contributed by atoms with Gasteiger partial charge >= 0.3 is 17.9 Å². The minimum Gasteiger partial charge on any atom is -0.462 e. The molecule has 0 saturated heterocycles. The van der Waals surface area contributed by atoms with E-state index in [0.717, 1.165) is 0 Å². The van der Waals surface area contributed by atoms with Crippen LogP contribution in [0.1, 0.15) is 36.5 Å². The number of carbonyl (C=O) groups excluding carboxylic acids is 3. The van der Waals surface area contributed by atoms with E-state index >= 15 is 0 Å². The average Bonchev–Trinajstić information content (AvgIpc) is 2.64. The quantitative estimate of drug-likeness (QED) is 0.496. The Kier molecular flexibility index (Phi) is 7.82. The number of para-hydroxylation sites is 2. The zero-order valence-corrected chi connectivity index (χ0v) is 15.5. The van der Waals surface area contributed by atoms with Crippen molar-refractivity contribution in [1.82, 2.24) is 0 Å². The summed E-state index contributed by atoms with van der Waals surface area (Å²) in [6.07, 6.45) is 0.262. The molecule has 0 heterocycles. The van der Waals surface area contributed by atoms with Gasteiger partial charge in [0, 0.05) is 12.8 Å². The Morgan fingerprint density at radius 2 is 1.41 bits per heavy atom. The van der Waals surface area contributed by atoms with Crippen LogP contribution in [0.2, 0.25) is 5.02 Å². The summed E-state index contributed by atoms with van der Waals surface area (Å²) in [5.41, 5.74) is 0.172. The molecule has 0 radical (unpaired) electrons. The number of carbonyl (C=O) groups is 3. The molecule has 0 bridgehead atoms. The van der Waals surface area contributed by atoms with Crippen molar-refractivity contribution in [2.24, 2.45) is 0 Å². The third-order valence-corrected chi connectivity index (χ3v) is 3.74. The van der Waals surface area contributed by atoms with Crippen molar-refractivity contribution in [2.75, 3.05) is 6.61 Å². The molecule has 27 heavy (non-hydrogen) atoms. The Hall–Kier alpha value is -2.86. The van der Waals surface area contributed by atoms with E-state index in [9.17, 15) is 14.4 Å². The molecule has 2 aromatic carbocycles. The molecule has 0 spiro atoms. The Morgan fingerprint density at radius 1 is 0.852 bits per heavy atom. The van der Waals surface area contributed by atoms with Crippen LogP contribution in [0, 0.1) is 0 Å². The van der Waals surface area contributed by atoms with Crippen molar-refractivity contribution in [3.8, 4) is 11.5 Å². The van der Waals surface area contributed by atoms with Gasteiger partial charge in [0.1, 0.15) is 17.1 Å². The lowest BCUT2D eigenvalue weighted by Gasteiger charge is -2.09. The van der Waals surface area contributed by atoms with Crippen LogP contribution in [-0.4, -0.2) is 24.5 Å². The fraction of sp³-hybridized carbons (Fsp3) is 0.250. The number of rotatable bonds is 8. The lowest BCUT2D eigenvalue weighted by molar-refractivity contribution is -0.136. The molecular weight excluding hydrogens is 372 g/mol. The SMILES string of the molecule is CCOC(=O)c1ccccc1OC(=O)CCCC(=O)Oc1ccccc1Cl. The van der Waals surface area contributed by atoms with E-state index in [-0.39, 0.29) is 42.9 Å². The molecule has 6 nitrogen and oxygen atoms in total. The number of halogens is 1. The Balaban J connectivity index is 1.82. The van der Waals surface area contributed by atoms with Gasteiger partial charge in [-0.1, -0.05) is 35.9 Å². The average molecular weight is 391 g/mol. The van der Waals surface area contributed by atoms with Crippen LogP contribution < -0.4 is 9.47 Å². The van der Waals surface area contributed by atoms with Crippen LogP contribution in [0.4, 0.5) is 0 Å². The molecular formula is C20H19ClO6. The first-order chi connectivity index (χ1) is 13.0. The zero-order valence-electron chi connectivity index (χ0n) is 14.8. The first-order valence-corrected chi connectivity index (χ1v) is 8.81. The molecule has 0 aromatic heterocycles. The van der Waals surface area contributed by atoms with Crippen LogP contribution in [0.25, 0.3) is 0 Å². The maximum Gasteiger partial charge on any atom is 0.341 e. The second-order valence-corrected chi connectivity index (χ2v) is 5.86. The number of hydrogen-bond donors (Lipinski definition) is 0. The fourth-order valence-corrected chi connectivity index (χ4v) is 2.36. The van der Waals surface area contributed by atoms with Gasteiger partial charge in [0.15, 0.2) is 0 Å². The molecule has 2 aromatic rings. The highest BCUT2D eigenvalue weighted by molar-refractivity contribution is 6.32. The van der Waals surface area contributed by atoms with E-state index in [1.165, 1.54) is 12.1 Å². The van der Waals surface area contributed by atoms with Crippen molar-refractivity contribution in [3.63, 3.8) is 0 Å². The topological polar surface area (TPSA) is 78.9 Å². The third kappa shape index (κ3) is 6.42. The van der Waals surface area contributed by atoms with Gasteiger partial charge in [-0.15, -0.1) is 0 Å². The summed E-state index contributed by atoms with van der Waals surface area (Å²) in [5, 5.41) is 0.334. The second-order valence-electron chi connectivity index (χ2n) is 5.45. The number of ether oxygens (including phenoxy) is 3. The molecule has 0 fully saturated rings. The normalized spacial score (nSPS) is 10.1. The third-order valence-electron chi connectivity index (χ3n) is 3.43. The van der Waals surface area contributed by atoms with Gasteiger partial charge in [-0.25, -0.2) is 4.79 Å². The van der Waals surface area contributed by atoms with Crippen molar-refractivity contribution in [1.29, 1.82) is 0 Å². The number of hydrogen-bond acceptors (Lipinski definition) is 6. The lowest BCUT2D eigenvalue weighted by atomic mass is 10.2. The number of esters is 3. The van der Waals surface area contributed by atoms with Crippen LogP contribution >= 0.6 is 11.6 Å². The fourth-order valence-electron chi connectivity index (χ4n) is 2.19. The molecule has 0 N–H and O–H groups in total. The van der Waals surface area contributed by atoms with Gasteiger partial charge in [0.2, 0.25) is 0 Å². The van der Waals surface area contributed by atoms with Crippen molar-refractivity contribution in [2.45, 2.75) is 26.2 Å². The first kappa shape index (κ1) is 20.5. The molecule has 142 valence electrons.